The quantitative estimate of drug-likeness (QED) is 0.859. The van der Waals surface area contributed by atoms with Crippen molar-refractivity contribution < 1.29 is 4.42 Å². The zero-order chi connectivity index (χ0) is 14.0. The Kier molecular flexibility index (Phi) is 4.48. The molecule has 0 saturated heterocycles. The second-order valence-corrected chi connectivity index (χ2v) is 6.41. The number of hydrogen-bond acceptors (Lipinski definition) is 3. The van der Waals surface area contributed by atoms with Crippen molar-refractivity contribution in [2.45, 2.75) is 47.1 Å². The van der Waals surface area contributed by atoms with Crippen LogP contribution in [-0.2, 0) is 0 Å². The van der Waals surface area contributed by atoms with Crippen molar-refractivity contribution in [3.63, 3.8) is 0 Å². The SMILES string of the molecule is CCCNC(c1ccc(C)s1)c1c(C)oc(C)c1C. The molecular formula is C16H23NOS. The van der Waals surface area contributed by atoms with Crippen LogP contribution in [0, 0.1) is 27.7 Å². The molecule has 0 spiro atoms. The lowest BCUT2D eigenvalue weighted by Crippen LogP contribution is -2.23. The summed E-state index contributed by atoms with van der Waals surface area (Å²) in [5, 5.41) is 3.66. The second-order valence-electron chi connectivity index (χ2n) is 5.09. The van der Waals surface area contributed by atoms with Crippen LogP contribution in [0.4, 0.5) is 0 Å². The van der Waals surface area contributed by atoms with E-state index < -0.39 is 0 Å². The molecule has 2 nitrogen and oxygen atoms in total. The van der Waals surface area contributed by atoms with E-state index in [1.54, 1.807) is 0 Å². The van der Waals surface area contributed by atoms with Crippen LogP contribution in [0.3, 0.4) is 0 Å². The Hall–Kier alpha value is -1.06. The van der Waals surface area contributed by atoms with E-state index >= 15 is 0 Å². The summed E-state index contributed by atoms with van der Waals surface area (Å²) in [6, 6.07) is 4.68. The predicted molar refractivity (Wildman–Crippen MR) is 82.1 cm³/mol. The standard InChI is InChI=1S/C16H23NOS/c1-6-9-17-16(14-8-7-10(2)19-14)15-11(3)12(4)18-13(15)5/h7-8,16-17H,6,9H2,1-5H3. The minimum atomic E-state index is 0.260. The average Bonchev–Trinajstić information content (AvgIpc) is 2.88. The van der Waals surface area contributed by atoms with Crippen molar-refractivity contribution in [2.75, 3.05) is 6.54 Å². The van der Waals surface area contributed by atoms with Gasteiger partial charge in [-0.05, 0) is 58.4 Å². The molecule has 0 saturated carbocycles. The Bertz CT molecular complexity index is 553. The van der Waals surface area contributed by atoms with Gasteiger partial charge in [0.1, 0.15) is 11.5 Å². The van der Waals surface area contributed by atoms with Gasteiger partial charge in [-0.25, -0.2) is 0 Å². The Balaban J connectivity index is 2.42. The van der Waals surface area contributed by atoms with E-state index in [1.165, 1.54) is 20.9 Å². The van der Waals surface area contributed by atoms with E-state index in [2.05, 4.69) is 45.1 Å². The molecule has 0 radical (unpaired) electrons. The molecule has 2 heterocycles. The number of nitrogens with one attached hydrogen (secondary N) is 1. The van der Waals surface area contributed by atoms with Crippen molar-refractivity contribution in [3.05, 3.63) is 44.5 Å². The zero-order valence-corrected chi connectivity index (χ0v) is 13.3. The molecule has 0 bridgehead atoms. The molecule has 0 amide bonds. The average molecular weight is 277 g/mol. The first-order valence-electron chi connectivity index (χ1n) is 6.90. The molecule has 0 aromatic carbocycles. The number of hydrogen-bond donors (Lipinski definition) is 1. The Morgan fingerprint density at radius 1 is 1.16 bits per heavy atom. The molecule has 0 aliphatic heterocycles. The van der Waals surface area contributed by atoms with Gasteiger partial charge in [0, 0.05) is 15.3 Å². The normalized spacial score (nSPS) is 12.9. The van der Waals surface area contributed by atoms with E-state index in [-0.39, 0.29) is 6.04 Å². The smallest absolute Gasteiger partial charge is 0.106 e. The van der Waals surface area contributed by atoms with Gasteiger partial charge in [-0.1, -0.05) is 6.92 Å². The number of furan rings is 1. The van der Waals surface area contributed by atoms with Gasteiger partial charge in [0.15, 0.2) is 0 Å². The highest BCUT2D eigenvalue weighted by molar-refractivity contribution is 7.12. The summed E-state index contributed by atoms with van der Waals surface area (Å²) in [7, 11) is 0. The molecule has 1 N–H and O–H groups in total. The maximum atomic E-state index is 5.80. The van der Waals surface area contributed by atoms with Gasteiger partial charge in [0.25, 0.3) is 0 Å². The van der Waals surface area contributed by atoms with Gasteiger partial charge in [0.05, 0.1) is 6.04 Å². The molecule has 0 aliphatic carbocycles. The van der Waals surface area contributed by atoms with Gasteiger partial charge in [-0.2, -0.15) is 0 Å². The molecule has 0 aliphatic rings. The van der Waals surface area contributed by atoms with Crippen LogP contribution in [-0.4, -0.2) is 6.54 Å². The fourth-order valence-corrected chi connectivity index (χ4v) is 3.44. The van der Waals surface area contributed by atoms with Crippen molar-refractivity contribution in [1.82, 2.24) is 5.32 Å². The van der Waals surface area contributed by atoms with Crippen LogP contribution < -0.4 is 5.32 Å². The van der Waals surface area contributed by atoms with E-state index in [4.69, 9.17) is 4.42 Å². The van der Waals surface area contributed by atoms with Crippen molar-refractivity contribution >= 4 is 11.3 Å². The first-order valence-corrected chi connectivity index (χ1v) is 7.72. The molecule has 2 aromatic heterocycles. The third kappa shape index (κ3) is 2.93. The van der Waals surface area contributed by atoms with Crippen LogP contribution >= 0.6 is 11.3 Å². The zero-order valence-electron chi connectivity index (χ0n) is 12.5. The van der Waals surface area contributed by atoms with Gasteiger partial charge < -0.3 is 9.73 Å². The number of aryl methyl sites for hydroxylation is 3. The molecule has 2 rings (SSSR count). The molecular weight excluding hydrogens is 254 g/mol. The Morgan fingerprint density at radius 2 is 1.89 bits per heavy atom. The molecule has 19 heavy (non-hydrogen) atoms. The van der Waals surface area contributed by atoms with E-state index in [1.807, 2.05) is 18.3 Å². The maximum absolute atomic E-state index is 5.80. The fourth-order valence-electron chi connectivity index (χ4n) is 2.48. The Labute approximate surface area is 119 Å². The van der Waals surface area contributed by atoms with Gasteiger partial charge in [-0.3, -0.25) is 0 Å². The largest absolute Gasteiger partial charge is 0.466 e. The molecule has 2 aromatic rings. The Morgan fingerprint density at radius 3 is 2.37 bits per heavy atom. The first-order chi connectivity index (χ1) is 9.04. The summed E-state index contributed by atoms with van der Waals surface area (Å²) >= 11 is 1.86. The summed E-state index contributed by atoms with van der Waals surface area (Å²) in [4.78, 5) is 2.73. The summed E-state index contributed by atoms with van der Waals surface area (Å²) < 4.78 is 5.80. The second kappa shape index (κ2) is 5.93. The lowest BCUT2D eigenvalue weighted by atomic mass is 10.0. The van der Waals surface area contributed by atoms with Crippen LogP contribution in [0.15, 0.2) is 16.5 Å². The minimum Gasteiger partial charge on any atom is -0.466 e. The lowest BCUT2D eigenvalue weighted by molar-refractivity contribution is 0.493. The molecule has 0 fully saturated rings. The molecule has 1 atom stereocenters. The summed E-state index contributed by atoms with van der Waals surface area (Å²) in [5.74, 6) is 2.07. The van der Waals surface area contributed by atoms with Gasteiger partial charge >= 0.3 is 0 Å². The van der Waals surface area contributed by atoms with Gasteiger partial charge in [0.2, 0.25) is 0 Å². The van der Waals surface area contributed by atoms with Crippen LogP contribution in [0.1, 0.15) is 51.8 Å². The molecule has 104 valence electrons. The van der Waals surface area contributed by atoms with Crippen molar-refractivity contribution in [1.29, 1.82) is 0 Å². The third-order valence-corrected chi connectivity index (χ3v) is 4.62. The van der Waals surface area contributed by atoms with Gasteiger partial charge in [-0.15, -0.1) is 11.3 Å². The number of rotatable bonds is 5. The third-order valence-electron chi connectivity index (χ3n) is 3.55. The molecule has 3 heteroatoms. The fraction of sp³-hybridized carbons (Fsp3) is 0.500. The molecule has 1 unspecified atom stereocenters. The number of thiophene rings is 1. The maximum Gasteiger partial charge on any atom is 0.106 e. The van der Waals surface area contributed by atoms with E-state index in [0.29, 0.717) is 0 Å². The van der Waals surface area contributed by atoms with E-state index in [9.17, 15) is 0 Å². The highest BCUT2D eigenvalue weighted by Crippen LogP contribution is 2.34. The van der Waals surface area contributed by atoms with Crippen LogP contribution in [0.2, 0.25) is 0 Å². The lowest BCUT2D eigenvalue weighted by Gasteiger charge is -2.18. The highest BCUT2D eigenvalue weighted by Gasteiger charge is 2.23. The highest BCUT2D eigenvalue weighted by atomic mass is 32.1. The van der Waals surface area contributed by atoms with Crippen molar-refractivity contribution in [2.24, 2.45) is 0 Å². The monoisotopic (exact) mass is 277 g/mol. The predicted octanol–water partition coefficient (Wildman–Crippen LogP) is 4.66. The summed E-state index contributed by atoms with van der Waals surface area (Å²) in [5.41, 5.74) is 2.59. The minimum absolute atomic E-state index is 0.260. The first kappa shape index (κ1) is 14.4. The topological polar surface area (TPSA) is 25.2 Å². The van der Waals surface area contributed by atoms with Crippen LogP contribution in [0.25, 0.3) is 0 Å². The van der Waals surface area contributed by atoms with E-state index in [0.717, 1.165) is 24.5 Å². The summed E-state index contributed by atoms with van der Waals surface area (Å²) in [6.07, 6.45) is 1.13. The van der Waals surface area contributed by atoms with Crippen LogP contribution in [0.5, 0.6) is 0 Å². The summed E-state index contributed by atoms with van der Waals surface area (Å²) in [6.45, 7) is 11.6. The van der Waals surface area contributed by atoms with Crippen molar-refractivity contribution in [3.8, 4) is 0 Å².